The molecule has 1 aliphatic heterocycles. The van der Waals surface area contributed by atoms with Crippen LogP contribution in [0.15, 0.2) is 12.7 Å². The average Bonchev–Trinajstić information content (AvgIpc) is 3.60. The van der Waals surface area contributed by atoms with Crippen LogP contribution in [0, 0.1) is 11.3 Å². The van der Waals surface area contributed by atoms with Crippen LogP contribution in [0.4, 0.5) is 5.82 Å². The third kappa shape index (κ3) is 11.4. The topological polar surface area (TPSA) is 319 Å². The van der Waals surface area contributed by atoms with E-state index in [0.29, 0.717) is 5.75 Å². The van der Waals surface area contributed by atoms with Crippen LogP contribution < -0.4 is 31.7 Å². The zero-order valence-corrected chi connectivity index (χ0v) is 30.6. The highest BCUT2D eigenvalue weighted by atomic mass is 32.2. The number of nitrogen functional groups attached to an aromatic ring is 1. The third-order valence-electron chi connectivity index (χ3n) is 8.02. The number of nitrogens with one attached hydrogen (secondary N) is 3. The smallest absolute Gasteiger partial charge is 0.488 e. The van der Waals surface area contributed by atoms with Crippen molar-refractivity contribution in [1.29, 1.82) is 0 Å². The maximum Gasteiger partial charge on any atom is 0.488 e. The molecule has 3 heterocycles. The zero-order valence-electron chi connectivity index (χ0n) is 28.0. The van der Waals surface area contributed by atoms with Crippen molar-refractivity contribution < 1.29 is 52.0 Å². The molecule has 282 valence electrons. The molecule has 50 heavy (non-hydrogen) atoms. The van der Waals surface area contributed by atoms with Gasteiger partial charge < -0.3 is 47.1 Å². The van der Waals surface area contributed by atoms with Crippen molar-refractivity contribution in [2.75, 3.05) is 43.5 Å². The molecule has 2 aromatic heterocycles. The number of aromatic nitrogens is 4. The minimum atomic E-state index is -3.96. The molecule has 23 heteroatoms. The Kier molecular flexibility index (Phi) is 15.2. The molecule has 1 saturated heterocycles. The van der Waals surface area contributed by atoms with Crippen LogP contribution in [0.5, 0.6) is 0 Å². The summed E-state index contributed by atoms with van der Waals surface area (Å²) in [6, 6.07) is -0.527. The minimum Gasteiger partial charge on any atom is -0.566 e. The highest BCUT2D eigenvalue weighted by Gasteiger charge is 2.45. The summed E-state index contributed by atoms with van der Waals surface area (Å²) >= 11 is 1.26. The minimum absolute atomic E-state index is 0.0745. The fourth-order valence-electron chi connectivity index (χ4n) is 4.91. The first-order valence-electron chi connectivity index (χ1n) is 15.6. The standard InChI is InChI=1S/C27H46N9O11PS2/c1-14(2)18(28)16(49-8-7-30-17(37)5-6-31-25(41)22(40)27(3,4)11-46-48(42)43)10-50(44,45)35-9-15-20(38)21(39)26(47-15)36-13-34-19-23(29)32-12-33-24(19)36/h12-16,18,20-22,26,35,38-40H,5-11,28H2,1-4H3,(H,30,37)(H,31,41)(H2,29,32,33). The van der Waals surface area contributed by atoms with Crippen molar-refractivity contribution in [3.63, 3.8) is 0 Å². The number of amides is 2. The van der Waals surface area contributed by atoms with Crippen LogP contribution in [-0.2, 0) is 33.4 Å². The second kappa shape index (κ2) is 18.2. The zero-order chi connectivity index (χ0) is 37.4. The van der Waals surface area contributed by atoms with Crippen molar-refractivity contribution >= 4 is 58.8 Å². The first kappa shape index (κ1) is 41.8. The molecule has 1 fully saturated rings. The second-order valence-corrected chi connectivity index (χ2v) is 16.7. The Morgan fingerprint density at radius 3 is 2.56 bits per heavy atom. The van der Waals surface area contributed by atoms with Gasteiger partial charge in [0.15, 0.2) is 17.7 Å². The van der Waals surface area contributed by atoms with E-state index in [2.05, 4.69) is 34.8 Å². The average molecular weight is 768 g/mol. The molecule has 0 spiro atoms. The molecule has 1 aliphatic rings. The fraction of sp³-hybridized carbons (Fsp3) is 0.741. The second-order valence-electron chi connectivity index (χ2n) is 12.8. The first-order chi connectivity index (χ1) is 23.3. The van der Waals surface area contributed by atoms with E-state index in [9.17, 15) is 42.8 Å². The number of anilines is 1. The van der Waals surface area contributed by atoms with Crippen LogP contribution in [0.1, 0.15) is 40.3 Å². The number of hydrogen-bond acceptors (Lipinski definition) is 17. The molecule has 3 rings (SSSR count). The van der Waals surface area contributed by atoms with Crippen LogP contribution in [0.2, 0.25) is 0 Å². The lowest BCUT2D eigenvalue weighted by atomic mass is 9.87. The van der Waals surface area contributed by atoms with E-state index in [1.54, 1.807) is 0 Å². The van der Waals surface area contributed by atoms with Crippen molar-refractivity contribution in [2.45, 2.75) is 76.1 Å². The summed E-state index contributed by atoms with van der Waals surface area (Å²) in [5.41, 5.74) is 11.5. The first-order valence-corrected chi connectivity index (χ1v) is 19.4. The highest BCUT2D eigenvalue weighted by Crippen LogP contribution is 2.32. The van der Waals surface area contributed by atoms with Crippen LogP contribution in [-0.4, -0.2) is 129 Å². The number of rotatable bonds is 20. The summed E-state index contributed by atoms with van der Waals surface area (Å²) in [5.74, 6) is -1.20. The number of nitrogens with zero attached hydrogens (tertiary/aromatic N) is 4. The van der Waals surface area contributed by atoms with Gasteiger partial charge in [0.05, 0.1) is 12.1 Å². The molecule has 0 aromatic carbocycles. The molecular weight excluding hydrogens is 721 g/mol. The molecule has 2 amide bonds. The van der Waals surface area contributed by atoms with Gasteiger partial charge in [0.2, 0.25) is 21.8 Å². The third-order valence-corrected chi connectivity index (χ3v) is 11.3. The van der Waals surface area contributed by atoms with E-state index >= 15 is 0 Å². The van der Waals surface area contributed by atoms with Gasteiger partial charge in [-0.3, -0.25) is 14.2 Å². The largest absolute Gasteiger partial charge is 0.566 e. The summed E-state index contributed by atoms with van der Waals surface area (Å²) in [5, 5.41) is 36.1. The van der Waals surface area contributed by atoms with Gasteiger partial charge in [0.1, 0.15) is 42.9 Å². The van der Waals surface area contributed by atoms with Gasteiger partial charge in [-0.2, -0.15) is 11.8 Å². The summed E-state index contributed by atoms with van der Waals surface area (Å²) < 4.78 is 51.1. The van der Waals surface area contributed by atoms with E-state index in [-0.39, 0.29) is 54.7 Å². The predicted octanol–water partition coefficient (Wildman–Crippen LogP) is -2.92. The molecule has 20 nitrogen and oxygen atoms in total. The number of sulfonamides is 1. The number of carbonyl (C=O) groups excluding carboxylic acids is 2. The van der Waals surface area contributed by atoms with E-state index in [0.717, 1.165) is 0 Å². The van der Waals surface area contributed by atoms with Crippen LogP contribution >= 0.6 is 20.0 Å². The number of aliphatic hydroxyl groups is 3. The van der Waals surface area contributed by atoms with Crippen molar-refractivity contribution in [3.8, 4) is 0 Å². The van der Waals surface area contributed by atoms with Gasteiger partial charge in [-0.15, -0.1) is 4.52 Å². The van der Waals surface area contributed by atoms with Crippen molar-refractivity contribution in [1.82, 2.24) is 34.9 Å². The fourth-order valence-corrected chi connectivity index (χ4v) is 8.52. The Bertz CT molecular complexity index is 1580. The maximum atomic E-state index is 13.1. The quantitative estimate of drug-likeness (QED) is 0.0494. The normalized spacial score (nSPS) is 22.0. The van der Waals surface area contributed by atoms with E-state index in [1.807, 2.05) is 13.8 Å². The molecular formula is C27H46N9O11PS2. The van der Waals surface area contributed by atoms with Gasteiger partial charge in [-0.25, -0.2) is 28.1 Å². The Hall–Kier alpha value is -2.63. The summed E-state index contributed by atoms with van der Waals surface area (Å²) in [6.45, 7) is 5.95. The number of thioether (sulfide) groups is 1. The lowest BCUT2D eigenvalue weighted by Gasteiger charge is -2.27. The molecule has 0 radical (unpaired) electrons. The molecule has 0 bridgehead atoms. The number of ether oxygens (including phenoxy) is 1. The van der Waals surface area contributed by atoms with Gasteiger partial charge in [-0.1, -0.05) is 27.7 Å². The molecule has 10 N–H and O–H groups in total. The number of carbonyl (C=O) groups is 2. The molecule has 0 saturated carbocycles. The monoisotopic (exact) mass is 767 g/mol. The number of aliphatic hydroxyl groups excluding tert-OH is 3. The molecule has 2 aromatic rings. The number of fused-ring (bicyclic) bond motifs is 1. The predicted molar refractivity (Wildman–Crippen MR) is 180 cm³/mol. The van der Waals surface area contributed by atoms with Gasteiger partial charge in [-0.05, 0) is 10.5 Å². The van der Waals surface area contributed by atoms with E-state index in [4.69, 9.17) is 16.2 Å². The lowest BCUT2D eigenvalue weighted by Crippen LogP contribution is -2.46. The SMILES string of the molecule is CC(C)C(N)C(CS(=O)(=O)NCC1OC(n2cnc3c(N)ncnc32)C(O)C1O)SCCNC(=O)CCNC(=O)C(O)C(C)(C)CO[P+](=O)[O-]. The maximum absolute atomic E-state index is 13.1. The Labute approximate surface area is 294 Å². The van der Waals surface area contributed by atoms with Gasteiger partial charge >= 0.3 is 8.25 Å². The Morgan fingerprint density at radius 2 is 1.90 bits per heavy atom. The van der Waals surface area contributed by atoms with Crippen LogP contribution in [0.3, 0.4) is 0 Å². The highest BCUT2D eigenvalue weighted by molar-refractivity contribution is 8.01. The molecule has 0 aliphatic carbocycles. The number of imidazole rings is 1. The molecule has 8 atom stereocenters. The van der Waals surface area contributed by atoms with Gasteiger partial charge in [0.25, 0.3) is 0 Å². The van der Waals surface area contributed by atoms with Crippen molar-refractivity contribution in [3.05, 3.63) is 12.7 Å². The van der Waals surface area contributed by atoms with E-state index < -0.39 is 84.0 Å². The number of hydrogen-bond donors (Lipinski definition) is 8. The van der Waals surface area contributed by atoms with Gasteiger partial charge in [0, 0.05) is 48.5 Å². The lowest BCUT2D eigenvalue weighted by molar-refractivity contribution is -0.189. The van der Waals surface area contributed by atoms with E-state index in [1.165, 1.54) is 42.8 Å². The van der Waals surface area contributed by atoms with Crippen molar-refractivity contribution in [2.24, 2.45) is 17.1 Å². The summed E-state index contributed by atoms with van der Waals surface area (Å²) in [4.78, 5) is 47.3. The number of nitrogens with two attached hydrogens (primary N) is 2. The molecule has 8 unspecified atom stereocenters. The van der Waals surface area contributed by atoms with Crippen LogP contribution in [0.25, 0.3) is 11.2 Å². The summed E-state index contributed by atoms with van der Waals surface area (Å²) in [7, 11) is -7.10. The Balaban J connectivity index is 1.46. The Morgan fingerprint density at radius 1 is 1.20 bits per heavy atom. The summed E-state index contributed by atoms with van der Waals surface area (Å²) in [6.07, 6.45) is -4.23.